The first-order chi connectivity index (χ1) is 4.70. The summed E-state index contributed by atoms with van der Waals surface area (Å²) in [6.45, 7) is 0. The highest BCUT2D eigenvalue weighted by Gasteiger charge is 2.00. The Bertz CT molecular complexity index is 262. The van der Waals surface area contributed by atoms with Gasteiger partial charge in [0.05, 0.1) is 5.56 Å². The number of halogens is 1. The predicted octanol–water partition coefficient (Wildman–Crippen LogP) is 0.120. The Hall–Kier alpha value is -1.45. The molecule has 0 aliphatic carbocycles. The molecular formula is C6H4FN2O. The molecule has 0 bridgehead atoms. The molecule has 0 spiro atoms. The van der Waals surface area contributed by atoms with Crippen LogP contribution in [0.1, 0.15) is 10.4 Å². The average Bonchev–Trinajstić information content (AvgIpc) is 1.88. The Labute approximate surface area is 56.7 Å². The highest BCUT2D eigenvalue weighted by molar-refractivity contribution is 5.92. The van der Waals surface area contributed by atoms with E-state index in [4.69, 9.17) is 5.73 Å². The van der Waals surface area contributed by atoms with Crippen LogP contribution < -0.4 is 5.73 Å². The highest BCUT2D eigenvalue weighted by atomic mass is 19.1. The zero-order chi connectivity index (χ0) is 7.56. The molecule has 1 aromatic heterocycles. The van der Waals surface area contributed by atoms with E-state index in [9.17, 15) is 9.18 Å². The lowest BCUT2D eigenvalue weighted by atomic mass is 10.3. The summed E-state index contributed by atoms with van der Waals surface area (Å²) in [5.41, 5.74) is 4.88. The monoisotopic (exact) mass is 139 g/mol. The first-order valence-electron chi connectivity index (χ1n) is 2.53. The summed E-state index contributed by atoms with van der Waals surface area (Å²) in [6.07, 6.45) is 3.16. The fourth-order valence-electron chi connectivity index (χ4n) is 0.504. The molecule has 0 atom stereocenters. The summed E-state index contributed by atoms with van der Waals surface area (Å²) in [7, 11) is 0. The van der Waals surface area contributed by atoms with Gasteiger partial charge in [-0.3, -0.25) is 9.78 Å². The van der Waals surface area contributed by atoms with Crippen LogP contribution in [0.5, 0.6) is 0 Å². The Morgan fingerprint density at radius 2 is 2.50 bits per heavy atom. The van der Waals surface area contributed by atoms with Gasteiger partial charge in [-0.2, -0.15) is 0 Å². The first kappa shape index (κ1) is 6.67. The summed E-state index contributed by atoms with van der Waals surface area (Å²) in [6, 6.07) is 0.981. The normalized spacial score (nSPS) is 9.30. The summed E-state index contributed by atoms with van der Waals surface area (Å²) in [5, 5.41) is 0. The molecule has 1 radical (unpaired) electrons. The van der Waals surface area contributed by atoms with Crippen LogP contribution >= 0.6 is 0 Å². The molecule has 0 saturated carbocycles. The minimum Gasteiger partial charge on any atom is -0.366 e. The standard InChI is InChI=1S/C6H4FN2O/c7-5-1-4(6(8)10)2-9-3-5/h1-2H,(H2,8,10). The second kappa shape index (κ2) is 2.43. The molecule has 0 aromatic carbocycles. The van der Waals surface area contributed by atoms with Crippen LogP contribution in [0, 0.1) is 12.0 Å². The van der Waals surface area contributed by atoms with Gasteiger partial charge in [0.2, 0.25) is 5.91 Å². The second-order valence-corrected chi connectivity index (χ2v) is 1.68. The summed E-state index contributed by atoms with van der Waals surface area (Å²) in [5.74, 6) is -1.38. The van der Waals surface area contributed by atoms with E-state index >= 15 is 0 Å². The number of carbonyl (C=O) groups excluding carboxylic acids is 1. The van der Waals surface area contributed by atoms with Crippen molar-refractivity contribution >= 4 is 5.91 Å². The van der Waals surface area contributed by atoms with Gasteiger partial charge in [-0.05, 0) is 6.07 Å². The van der Waals surface area contributed by atoms with Gasteiger partial charge in [-0.25, -0.2) is 4.39 Å². The fourth-order valence-corrected chi connectivity index (χ4v) is 0.504. The molecule has 1 amide bonds. The van der Waals surface area contributed by atoms with E-state index in [2.05, 4.69) is 4.98 Å². The minimum atomic E-state index is -0.694. The molecule has 1 heterocycles. The van der Waals surface area contributed by atoms with E-state index in [0.717, 1.165) is 12.3 Å². The molecule has 0 aliphatic rings. The van der Waals surface area contributed by atoms with Gasteiger partial charge in [0.1, 0.15) is 6.20 Å². The molecule has 0 saturated heterocycles. The van der Waals surface area contributed by atoms with Gasteiger partial charge < -0.3 is 5.73 Å². The number of primary amides is 1. The zero-order valence-corrected chi connectivity index (χ0v) is 4.97. The van der Waals surface area contributed by atoms with E-state index < -0.39 is 11.7 Å². The third kappa shape index (κ3) is 1.28. The van der Waals surface area contributed by atoms with Gasteiger partial charge in [0.25, 0.3) is 0 Å². The van der Waals surface area contributed by atoms with Crippen molar-refractivity contribution in [2.75, 3.05) is 0 Å². The number of hydrogen-bond acceptors (Lipinski definition) is 2. The zero-order valence-electron chi connectivity index (χ0n) is 4.97. The van der Waals surface area contributed by atoms with Crippen LogP contribution in [-0.4, -0.2) is 10.9 Å². The SMILES string of the molecule is NC(=O)c1cn[c]c(F)c1. The minimum absolute atomic E-state index is 0.0521. The van der Waals surface area contributed by atoms with Gasteiger partial charge >= 0.3 is 0 Å². The van der Waals surface area contributed by atoms with Crippen LogP contribution in [-0.2, 0) is 0 Å². The van der Waals surface area contributed by atoms with Gasteiger partial charge in [-0.1, -0.05) is 0 Å². The fraction of sp³-hybridized carbons (Fsp3) is 0. The maximum Gasteiger partial charge on any atom is 0.250 e. The van der Waals surface area contributed by atoms with Crippen LogP contribution in [0.4, 0.5) is 4.39 Å². The molecule has 1 aromatic rings. The Kier molecular flexibility index (Phi) is 1.62. The maximum absolute atomic E-state index is 12.2. The van der Waals surface area contributed by atoms with Crippen molar-refractivity contribution in [3.8, 4) is 0 Å². The summed E-state index contributed by atoms with van der Waals surface area (Å²) < 4.78 is 12.2. The number of rotatable bonds is 1. The van der Waals surface area contributed by atoms with Crippen LogP contribution in [0.2, 0.25) is 0 Å². The van der Waals surface area contributed by atoms with Crippen molar-refractivity contribution in [1.82, 2.24) is 4.98 Å². The molecule has 2 N–H and O–H groups in total. The van der Waals surface area contributed by atoms with Crippen LogP contribution in [0.15, 0.2) is 12.3 Å². The van der Waals surface area contributed by atoms with E-state index in [1.165, 1.54) is 0 Å². The highest BCUT2D eigenvalue weighted by Crippen LogP contribution is 1.97. The number of hydrogen-bond donors (Lipinski definition) is 1. The lowest BCUT2D eigenvalue weighted by Gasteiger charge is -1.90. The number of nitrogens with two attached hydrogens (primary N) is 1. The van der Waals surface area contributed by atoms with E-state index in [0.29, 0.717) is 0 Å². The molecule has 0 fully saturated rings. The van der Waals surface area contributed by atoms with E-state index in [-0.39, 0.29) is 5.56 Å². The smallest absolute Gasteiger partial charge is 0.250 e. The molecular weight excluding hydrogens is 135 g/mol. The third-order valence-corrected chi connectivity index (χ3v) is 0.942. The number of carbonyl (C=O) groups is 1. The summed E-state index contributed by atoms with van der Waals surface area (Å²) >= 11 is 0. The average molecular weight is 139 g/mol. The second-order valence-electron chi connectivity index (χ2n) is 1.68. The van der Waals surface area contributed by atoms with Crippen molar-refractivity contribution in [3.63, 3.8) is 0 Å². The Morgan fingerprint density at radius 1 is 1.80 bits per heavy atom. The van der Waals surface area contributed by atoms with Crippen molar-refractivity contribution in [2.45, 2.75) is 0 Å². The van der Waals surface area contributed by atoms with Crippen molar-refractivity contribution in [3.05, 3.63) is 29.8 Å². The molecule has 1 rings (SSSR count). The largest absolute Gasteiger partial charge is 0.366 e. The quantitative estimate of drug-likeness (QED) is 0.600. The predicted molar refractivity (Wildman–Crippen MR) is 31.5 cm³/mol. The summed E-state index contributed by atoms with van der Waals surface area (Å²) in [4.78, 5) is 13.7. The van der Waals surface area contributed by atoms with E-state index in [1.807, 2.05) is 6.20 Å². The third-order valence-electron chi connectivity index (χ3n) is 0.942. The molecule has 4 heteroatoms. The number of amides is 1. The molecule has 0 aliphatic heterocycles. The number of nitrogens with zero attached hydrogens (tertiary/aromatic N) is 1. The molecule has 3 nitrogen and oxygen atoms in total. The Balaban J connectivity index is 3.07. The topological polar surface area (TPSA) is 56.0 Å². The molecule has 10 heavy (non-hydrogen) atoms. The number of pyridine rings is 1. The first-order valence-corrected chi connectivity index (χ1v) is 2.53. The molecule has 51 valence electrons. The van der Waals surface area contributed by atoms with Crippen molar-refractivity contribution in [2.24, 2.45) is 5.73 Å². The lowest BCUT2D eigenvalue weighted by molar-refractivity contribution is 0.0999. The van der Waals surface area contributed by atoms with Crippen molar-refractivity contribution in [1.29, 1.82) is 0 Å². The number of aromatic nitrogens is 1. The van der Waals surface area contributed by atoms with Crippen LogP contribution in [0.25, 0.3) is 0 Å². The van der Waals surface area contributed by atoms with Gasteiger partial charge in [-0.15, -0.1) is 0 Å². The Morgan fingerprint density at radius 3 is 2.90 bits per heavy atom. The van der Waals surface area contributed by atoms with Gasteiger partial charge in [0, 0.05) is 6.20 Å². The maximum atomic E-state index is 12.2. The van der Waals surface area contributed by atoms with Gasteiger partial charge in [0.15, 0.2) is 5.82 Å². The van der Waals surface area contributed by atoms with Crippen molar-refractivity contribution < 1.29 is 9.18 Å². The van der Waals surface area contributed by atoms with Crippen LogP contribution in [0.3, 0.4) is 0 Å². The molecule has 0 unspecified atom stereocenters. The van der Waals surface area contributed by atoms with E-state index in [1.54, 1.807) is 0 Å². The lowest BCUT2D eigenvalue weighted by Crippen LogP contribution is -2.11.